The monoisotopic (exact) mass is 451 g/mol. The molecule has 0 unspecified atom stereocenters. The number of nitrogens with zero attached hydrogens (tertiary/aromatic N) is 1. The summed E-state index contributed by atoms with van der Waals surface area (Å²) < 4.78 is 70.6. The number of benzene rings is 1. The van der Waals surface area contributed by atoms with Crippen LogP contribution in [-0.4, -0.2) is 43.1 Å². The van der Waals surface area contributed by atoms with E-state index < -0.39 is 37.7 Å². The molecule has 0 aromatic heterocycles. The molecule has 28 heavy (non-hydrogen) atoms. The van der Waals surface area contributed by atoms with Crippen LogP contribution < -0.4 is 15.5 Å². The Balaban J connectivity index is 2.40. The molecule has 0 saturated carbocycles. The van der Waals surface area contributed by atoms with E-state index >= 15 is 0 Å². The van der Waals surface area contributed by atoms with Crippen molar-refractivity contribution in [1.82, 2.24) is 5.32 Å². The molecule has 1 heterocycles. The number of nitrogens with one attached hydrogen (secondary N) is 2. The summed E-state index contributed by atoms with van der Waals surface area (Å²) in [6, 6.07) is 1.14. The molecule has 1 aliphatic heterocycles. The van der Waals surface area contributed by atoms with E-state index in [4.69, 9.17) is 16.3 Å². The summed E-state index contributed by atoms with van der Waals surface area (Å²) in [4.78, 5) is 21.7. The molecule has 0 spiro atoms. The van der Waals surface area contributed by atoms with Crippen molar-refractivity contribution in [3.63, 3.8) is 0 Å². The third-order valence-corrected chi connectivity index (χ3v) is 4.83. The molecular formula is C15H19ClF5N3O3S. The van der Waals surface area contributed by atoms with Gasteiger partial charge in [-0.25, -0.2) is 4.79 Å². The van der Waals surface area contributed by atoms with Crippen molar-refractivity contribution in [2.75, 3.05) is 36.5 Å². The van der Waals surface area contributed by atoms with E-state index in [1.807, 2.05) is 5.32 Å². The van der Waals surface area contributed by atoms with Gasteiger partial charge in [-0.1, -0.05) is 19.4 Å². The van der Waals surface area contributed by atoms with Gasteiger partial charge in [0.05, 0.1) is 22.8 Å². The zero-order valence-electron chi connectivity index (χ0n) is 14.9. The molecule has 0 aliphatic carbocycles. The van der Waals surface area contributed by atoms with E-state index in [1.54, 1.807) is 0 Å². The fraction of sp³-hybridized carbons (Fsp3) is 0.467. The summed E-state index contributed by atoms with van der Waals surface area (Å²) >= 11 is 5.87. The number of piperazine rings is 1. The molecule has 0 bridgehead atoms. The summed E-state index contributed by atoms with van der Waals surface area (Å²) in [7, 11) is -9.98. The molecule has 160 valence electrons. The van der Waals surface area contributed by atoms with Crippen LogP contribution in [-0.2, 0) is 9.53 Å². The Bertz CT molecular complexity index is 799. The molecule has 2 N–H and O–H groups in total. The Kier molecular flexibility index (Phi) is 5.22. The Morgan fingerprint density at radius 3 is 2.50 bits per heavy atom. The molecule has 6 nitrogen and oxygen atoms in total. The smallest absolute Gasteiger partial charge is 0.411 e. The van der Waals surface area contributed by atoms with Crippen molar-refractivity contribution >= 4 is 45.2 Å². The van der Waals surface area contributed by atoms with E-state index in [0.29, 0.717) is 0 Å². The first kappa shape index (κ1) is 22.3. The number of hydrogen-bond donors (Lipinski definition) is 2. The van der Waals surface area contributed by atoms with Gasteiger partial charge < -0.3 is 15.0 Å². The van der Waals surface area contributed by atoms with Crippen LogP contribution >= 0.6 is 21.8 Å². The number of ether oxygens (including phenoxy) is 1. The molecule has 0 atom stereocenters. The fourth-order valence-electron chi connectivity index (χ4n) is 2.36. The lowest BCUT2D eigenvalue weighted by atomic mass is 10.2. The Morgan fingerprint density at radius 1 is 1.32 bits per heavy atom. The van der Waals surface area contributed by atoms with Gasteiger partial charge in [-0.3, -0.25) is 10.1 Å². The minimum atomic E-state index is -9.98. The average Bonchev–Trinajstić information content (AvgIpc) is 2.50. The maximum atomic E-state index is 13.2. The molecule has 1 aromatic carbocycles. The topological polar surface area (TPSA) is 70.7 Å². The minimum Gasteiger partial charge on any atom is -0.447 e. The van der Waals surface area contributed by atoms with E-state index in [9.17, 15) is 29.0 Å². The third kappa shape index (κ3) is 6.30. The van der Waals surface area contributed by atoms with Crippen LogP contribution in [0.2, 0.25) is 0 Å². The minimum absolute atomic E-state index is 0.0254. The maximum Gasteiger partial charge on any atom is 0.411 e. The summed E-state index contributed by atoms with van der Waals surface area (Å²) in [5.41, 5.74) is -0.583. The highest BCUT2D eigenvalue weighted by molar-refractivity contribution is 8.45. The van der Waals surface area contributed by atoms with Gasteiger partial charge in [-0.05, 0) is 32.0 Å². The fourth-order valence-corrected chi connectivity index (χ4v) is 3.08. The van der Waals surface area contributed by atoms with Crippen molar-refractivity contribution in [1.29, 1.82) is 0 Å². The molecule has 13 heteroatoms. The van der Waals surface area contributed by atoms with Crippen LogP contribution in [0.3, 0.4) is 0 Å². The standard InChI is InChI=1S/C15H19ClF5N3O3S/c1-15(2,16)9-27-14(26)23-11-7-10(28(17,18,19,20)21)3-4-12(11)24-6-5-22-13(25)8-24/h3-4,7H,5-6,8-9H2,1-2H3,(H,22,25)(H,23,26). The molecule has 1 aromatic rings. The van der Waals surface area contributed by atoms with Crippen LogP contribution in [0.1, 0.15) is 13.8 Å². The van der Waals surface area contributed by atoms with E-state index in [1.165, 1.54) is 18.7 Å². The number of alkyl halides is 1. The van der Waals surface area contributed by atoms with E-state index in [2.05, 4.69) is 5.32 Å². The summed E-state index contributed by atoms with van der Waals surface area (Å²) in [6.07, 6.45) is -1.17. The van der Waals surface area contributed by atoms with Crippen LogP contribution in [0.15, 0.2) is 23.1 Å². The second-order valence-corrected chi connectivity index (χ2v) is 10.3. The highest BCUT2D eigenvalue weighted by Crippen LogP contribution is 3.02. The molecule has 0 radical (unpaired) electrons. The number of halogens is 6. The van der Waals surface area contributed by atoms with E-state index in [0.717, 1.165) is 6.07 Å². The van der Waals surface area contributed by atoms with Crippen LogP contribution in [0.25, 0.3) is 0 Å². The first-order valence-electron chi connectivity index (χ1n) is 7.97. The van der Waals surface area contributed by atoms with Gasteiger partial charge in [-0.15, -0.1) is 11.6 Å². The lowest BCUT2D eigenvalue weighted by Crippen LogP contribution is -2.48. The zero-order valence-corrected chi connectivity index (χ0v) is 16.5. The molecular weight excluding hydrogens is 433 g/mol. The first-order valence-corrected chi connectivity index (χ1v) is 10.3. The molecule has 1 saturated heterocycles. The van der Waals surface area contributed by atoms with Crippen molar-refractivity contribution < 1.29 is 33.8 Å². The molecule has 2 rings (SSSR count). The normalized spacial score (nSPS) is 18.0. The lowest BCUT2D eigenvalue weighted by molar-refractivity contribution is -0.120. The van der Waals surface area contributed by atoms with Crippen molar-refractivity contribution in [2.24, 2.45) is 0 Å². The number of carbonyl (C=O) groups is 2. The SMILES string of the molecule is CC(C)(Cl)COC(=O)Nc1cc(S(F)(F)(F)(F)F)ccc1N1CCNC(=O)C1. The Morgan fingerprint density at radius 2 is 1.96 bits per heavy atom. The van der Waals surface area contributed by atoms with E-state index in [-0.39, 0.29) is 44.1 Å². The van der Waals surface area contributed by atoms with Crippen molar-refractivity contribution in [3.8, 4) is 0 Å². The quantitative estimate of drug-likeness (QED) is 0.496. The molecule has 1 fully saturated rings. The Labute approximate surface area is 163 Å². The second-order valence-electron chi connectivity index (χ2n) is 6.84. The van der Waals surface area contributed by atoms with Crippen molar-refractivity contribution in [3.05, 3.63) is 18.2 Å². The van der Waals surface area contributed by atoms with Crippen molar-refractivity contribution in [2.45, 2.75) is 23.6 Å². The first-order chi connectivity index (χ1) is 12.4. The molecule has 1 aliphatic rings. The van der Waals surface area contributed by atoms with Gasteiger partial charge in [0.25, 0.3) is 0 Å². The second kappa shape index (κ2) is 6.55. The van der Waals surface area contributed by atoms with Gasteiger partial charge in [0, 0.05) is 13.1 Å². The van der Waals surface area contributed by atoms with Crippen LogP contribution in [0, 0.1) is 0 Å². The van der Waals surface area contributed by atoms with Gasteiger partial charge in [-0.2, -0.15) is 0 Å². The summed E-state index contributed by atoms with van der Waals surface area (Å²) in [6.45, 7) is 2.99. The predicted octanol–water partition coefficient (Wildman–Crippen LogP) is 4.85. The number of anilines is 2. The number of amides is 2. The van der Waals surface area contributed by atoms with Crippen LogP contribution in [0.5, 0.6) is 0 Å². The average molecular weight is 452 g/mol. The highest BCUT2D eigenvalue weighted by atomic mass is 35.5. The number of rotatable bonds is 5. The van der Waals surface area contributed by atoms with Gasteiger partial charge >= 0.3 is 16.3 Å². The lowest BCUT2D eigenvalue weighted by Gasteiger charge is -2.41. The van der Waals surface area contributed by atoms with Crippen LogP contribution in [0.4, 0.5) is 35.6 Å². The van der Waals surface area contributed by atoms with Gasteiger partial charge in [0.1, 0.15) is 11.5 Å². The van der Waals surface area contributed by atoms with Gasteiger partial charge in [0.2, 0.25) is 5.91 Å². The Hall–Kier alpha value is -1.95. The molecule has 2 amide bonds. The largest absolute Gasteiger partial charge is 0.447 e. The zero-order chi connectivity index (χ0) is 21.4. The number of carbonyl (C=O) groups excluding carboxylic acids is 2. The highest BCUT2D eigenvalue weighted by Gasteiger charge is 2.65. The predicted molar refractivity (Wildman–Crippen MR) is 98.0 cm³/mol. The maximum absolute atomic E-state index is 13.2. The third-order valence-electron chi connectivity index (χ3n) is 3.58. The summed E-state index contributed by atoms with van der Waals surface area (Å²) in [5, 5.41) is 4.56. The van der Waals surface area contributed by atoms with Gasteiger partial charge in [0.15, 0.2) is 0 Å². The number of hydrogen-bond acceptors (Lipinski definition) is 4. The summed E-state index contributed by atoms with van der Waals surface area (Å²) in [5.74, 6) is -0.402.